The number of hydrogen-bond acceptors (Lipinski definition) is 1. The number of benzene rings is 5. The van der Waals surface area contributed by atoms with E-state index in [0.717, 1.165) is 0 Å². The molecule has 2 heterocycles. The molecule has 36 heavy (non-hydrogen) atoms. The lowest BCUT2D eigenvalue weighted by Gasteiger charge is -2.17. The molecule has 0 saturated carbocycles. The average Bonchev–Trinajstić information content (AvgIpc) is 3.57. The number of para-hydroxylation sites is 4. The molecule has 0 bridgehead atoms. The van der Waals surface area contributed by atoms with Crippen LogP contribution in [-0.4, -0.2) is 9.13 Å². The highest BCUT2D eigenvalue weighted by atomic mass is 15.0. The first-order chi connectivity index (χ1) is 21.1. The minimum atomic E-state index is -0.455. The molecular weight excluding hydrogens is 440 g/mol. The highest BCUT2D eigenvalue weighted by Crippen LogP contribution is 2.41. The molecule has 0 N–H and O–H groups in total. The van der Waals surface area contributed by atoms with Gasteiger partial charge >= 0.3 is 0 Å². The Kier molecular flexibility index (Phi) is 2.86. The molecule has 0 fully saturated rings. The van der Waals surface area contributed by atoms with Gasteiger partial charge in [-0.15, -0.1) is 0 Å². The van der Waals surface area contributed by atoms with Crippen molar-refractivity contribution in [2.45, 2.75) is 0 Å². The molecule has 5 aromatic carbocycles. The molecule has 7 rings (SSSR count). The molecule has 7 aromatic rings. The van der Waals surface area contributed by atoms with Crippen molar-refractivity contribution in [3.63, 3.8) is 0 Å². The maximum atomic E-state index is 10.8. The van der Waals surface area contributed by atoms with E-state index in [4.69, 9.17) is 17.5 Å². The normalized spacial score (nSPS) is 14.4. The topological polar surface area (TPSA) is 38.0 Å². The molecule has 0 unspecified atom stereocenters. The predicted molar refractivity (Wildman–Crippen MR) is 146 cm³/mol. The number of fused-ring (bicyclic) bond motifs is 6. The van der Waals surface area contributed by atoms with Crippen molar-refractivity contribution in [1.29, 1.82) is 5.26 Å². The van der Waals surface area contributed by atoms with Crippen LogP contribution in [0.25, 0.3) is 59.8 Å². The summed E-state index contributed by atoms with van der Waals surface area (Å²) in [6, 6.07) is 16.5. The van der Waals surface area contributed by atoms with Gasteiger partial charge < -0.3 is 9.13 Å². The third-order valence-electron chi connectivity index (χ3n) is 6.44. The Labute approximate surface area is 218 Å². The number of nitrogens with zero attached hydrogens (tertiary/aromatic N) is 4. The molecule has 166 valence electrons. The van der Waals surface area contributed by atoms with E-state index < -0.39 is 18.1 Å². The number of aromatic nitrogens is 2. The van der Waals surface area contributed by atoms with Crippen LogP contribution >= 0.6 is 0 Å². The van der Waals surface area contributed by atoms with Crippen LogP contribution < -0.4 is 0 Å². The van der Waals surface area contributed by atoms with Crippen LogP contribution in [-0.2, 0) is 0 Å². The SMILES string of the molecule is [2H]c1c([2H])c([2H])c2c(c1[2H])c1ccccc1n2-c1ccc([N+]#[C-])c(-n2c3ccccc3c3c([2H])c([2H])c([2H])c([2H])c32)c1C#N. The summed E-state index contributed by atoms with van der Waals surface area (Å²) in [5, 5.41) is 12.4. The van der Waals surface area contributed by atoms with E-state index in [1.54, 1.807) is 59.2 Å². The summed E-state index contributed by atoms with van der Waals surface area (Å²) < 4.78 is 71.5. The van der Waals surface area contributed by atoms with Crippen LogP contribution in [0.2, 0.25) is 0 Å². The molecule has 4 heteroatoms. The second-order valence-corrected chi connectivity index (χ2v) is 8.20. The van der Waals surface area contributed by atoms with E-state index in [0.29, 0.717) is 21.8 Å². The predicted octanol–water partition coefficient (Wildman–Crippen LogP) is 8.30. The van der Waals surface area contributed by atoms with Crippen LogP contribution in [0.5, 0.6) is 0 Å². The standard InChI is InChI=1S/C32H18N4/c1-34-26-18-19-31(35-27-14-6-2-10-21(27)22-11-3-7-15-28(22)35)25(20-33)32(26)36-29-16-8-4-12-23(29)24-13-5-9-17-30(24)36/h2-19H/i2D,4D,6D,8D,10D,12D,14D,16D. The fourth-order valence-electron chi connectivity index (χ4n) is 5.00. The van der Waals surface area contributed by atoms with Crippen LogP contribution in [0.4, 0.5) is 5.69 Å². The fourth-order valence-corrected chi connectivity index (χ4v) is 5.00. The van der Waals surface area contributed by atoms with Gasteiger partial charge in [0.25, 0.3) is 0 Å². The Morgan fingerprint density at radius 2 is 1.22 bits per heavy atom. The van der Waals surface area contributed by atoms with Gasteiger partial charge in [-0.2, -0.15) is 5.26 Å². The molecule has 2 aromatic heterocycles. The summed E-state index contributed by atoms with van der Waals surface area (Å²) in [4.78, 5) is 3.70. The van der Waals surface area contributed by atoms with E-state index in [2.05, 4.69) is 10.9 Å². The Morgan fingerprint density at radius 3 is 1.83 bits per heavy atom. The highest BCUT2D eigenvalue weighted by molar-refractivity contribution is 6.11. The molecule has 0 saturated heterocycles. The number of nitriles is 1. The lowest BCUT2D eigenvalue weighted by molar-refractivity contribution is 1.12. The molecule has 0 amide bonds. The van der Waals surface area contributed by atoms with Crippen molar-refractivity contribution in [3.05, 3.63) is 126 Å². The van der Waals surface area contributed by atoms with Crippen LogP contribution in [0, 0.1) is 17.9 Å². The summed E-state index contributed by atoms with van der Waals surface area (Å²) in [6.45, 7) is 8.01. The third-order valence-corrected chi connectivity index (χ3v) is 6.44. The van der Waals surface area contributed by atoms with Crippen LogP contribution in [0.15, 0.2) is 109 Å². The van der Waals surface area contributed by atoms with Crippen molar-refractivity contribution in [2.24, 2.45) is 0 Å². The maximum Gasteiger partial charge on any atom is 0.212 e. The van der Waals surface area contributed by atoms with Gasteiger partial charge in [0.1, 0.15) is 6.07 Å². The van der Waals surface area contributed by atoms with Crippen molar-refractivity contribution < 1.29 is 11.0 Å². The summed E-state index contributed by atoms with van der Waals surface area (Å²) in [5.41, 5.74) is 1.67. The molecule has 0 aliphatic heterocycles. The number of hydrogen-bond donors (Lipinski definition) is 0. The Morgan fingerprint density at radius 1 is 0.667 bits per heavy atom. The minimum Gasteiger partial charge on any atom is -0.318 e. The number of rotatable bonds is 2. The van der Waals surface area contributed by atoms with Crippen molar-refractivity contribution in [1.82, 2.24) is 9.13 Å². The van der Waals surface area contributed by atoms with Gasteiger partial charge in [0.15, 0.2) is 0 Å². The van der Waals surface area contributed by atoms with Crippen LogP contribution in [0.3, 0.4) is 0 Å². The van der Waals surface area contributed by atoms with Gasteiger partial charge in [-0.1, -0.05) is 78.7 Å². The molecular formula is C32H18N4. The summed E-state index contributed by atoms with van der Waals surface area (Å²) in [6.07, 6.45) is 0. The Hall–Kier alpha value is -5.32. The smallest absolute Gasteiger partial charge is 0.212 e. The largest absolute Gasteiger partial charge is 0.318 e. The average molecular weight is 467 g/mol. The Balaban J connectivity index is 1.74. The Bertz CT molecular complexity index is 2510. The van der Waals surface area contributed by atoms with Gasteiger partial charge in [-0.3, -0.25) is 0 Å². The molecule has 0 atom stereocenters. The quantitative estimate of drug-likeness (QED) is 0.236. The summed E-state index contributed by atoms with van der Waals surface area (Å²) in [5.74, 6) is 0. The molecule has 0 aliphatic carbocycles. The van der Waals surface area contributed by atoms with Crippen molar-refractivity contribution in [3.8, 4) is 17.4 Å². The van der Waals surface area contributed by atoms with Gasteiger partial charge in [0.2, 0.25) is 5.69 Å². The molecule has 0 aliphatic rings. The zero-order valence-electron chi connectivity index (χ0n) is 26.6. The van der Waals surface area contributed by atoms with Gasteiger partial charge in [0, 0.05) is 21.5 Å². The van der Waals surface area contributed by atoms with E-state index >= 15 is 0 Å². The van der Waals surface area contributed by atoms with Gasteiger partial charge in [0.05, 0.1) is 56.5 Å². The summed E-state index contributed by atoms with van der Waals surface area (Å²) in [7, 11) is 0. The highest BCUT2D eigenvalue weighted by Gasteiger charge is 2.22. The van der Waals surface area contributed by atoms with Gasteiger partial charge in [-0.05, 0) is 30.3 Å². The first kappa shape index (κ1) is 13.5. The fraction of sp³-hybridized carbons (Fsp3) is 0. The second-order valence-electron chi connectivity index (χ2n) is 8.20. The monoisotopic (exact) mass is 466 g/mol. The summed E-state index contributed by atoms with van der Waals surface area (Å²) >= 11 is 0. The van der Waals surface area contributed by atoms with E-state index in [1.165, 1.54) is 10.6 Å². The van der Waals surface area contributed by atoms with Crippen molar-refractivity contribution in [2.75, 3.05) is 0 Å². The van der Waals surface area contributed by atoms with Gasteiger partial charge in [-0.25, -0.2) is 4.85 Å². The van der Waals surface area contributed by atoms with E-state index in [-0.39, 0.29) is 74.6 Å². The third kappa shape index (κ3) is 2.61. The first-order valence-electron chi connectivity index (χ1n) is 15.1. The van der Waals surface area contributed by atoms with Crippen LogP contribution in [0.1, 0.15) is 16.5 Å². The van der Waals surface area contributed by atoms with E-state index in [1.807, 2.05) is 0 Å². The lowest BCUT2D eigenvalue weighted by atomic mass is 10.1. The van der Waals surface area contributed by atoms with E-state index in [9.17, 15) is 5.26 Å². The molecule has 0 spiro atoms. The maximum absolute atomic E-state index is 10.8. The zero-order valence-corrected chi connectivity index (χ0v) is 18.6. The van der Waals surface area contributed by atoms with Crippen molar-refractivity contribution >= 4 is 49.3 Å². The first-order valence-corrected chi connectivity index (χ1v) is 11.1. The molecule has 0 radical (unpaired) electrons. The second kappa shape index (κ2) is 7.60. The zero-order chi connectivity index (χ0) is 31.2. The molecule has 4 nitrogen and oxygen atoms in total. The minimum absolute atomic E-state index is 0.0105. The lowest BCUT2D eigenvalue weighted by Crippen LogP contribution is -2.04.